The van der Waals surface area contributed by atoms with Crippen LogP contribution in [0.1, 0.15) is 39.8 Å². The van der Waals surface area contributed by atoms with Gasteiger partial charge in [-0.05, 0) is 48.6 Å². The molecule has 1 aliphatic rings. The van der Waals surface area contributed by atoms with Gasteiger partial charge >= 0.3 is 0 Å². The van der Waals surface area contributed by atoms with Gasteiger partial charge in [-0.1, -0.05) is 49.4 Å². The highest BCUT2D eigenvalue weighted by molar-refractivity contribution is 6.03. The third-order valence-corrected chi connectivity index (χ3v) is 5.14. The maximum Gasteiger partial charge on any atom is 0.274 e. The number of anilines is 2. The number of carbonyl (C=O) groups excluding carboxylic acids is 1. The molecule has 2 heterocycles. The highest BCUT2D eigenvalue weighted by atomic mass is 16.1. The molecule has 1 amide bonds. The molecule has 142 valence electrons. The molecule has 0 fully saturated rings. The molecule has 0 atom stereocenters. The second kappa shape index (κ2) is 7.80. The Kier molecular flexibility index (Phi) is 5.06. The van der Waals surface area contributed by atoms with Gasteiger partial charge in [0.1, 0.15) is 5.69 Å². The predicted molar refractivity (Wildman–Crippen MR) is 112 cm³/mol. The van der Waals surface area contributed by atoms with Gasteiger partial charge in [0.15, 0.2) is 0 Å². The van der Waals surface area contributed by atoms with Crippen LogP contribution in [0.4, 0.5) is 11.6 Å². The maximum absolute atomic E-state index is 12.8. The van der Waals surface area contributed by atoms with E-state index in [-0.39, 0.29) is 5.91 Å². The Morgan fingerprint density at radius 1 is 1.07 bits per heavy atom. The number of nitrogens with one attached hydrogen (secondary N) is 1. The highest BCUT2D eigenvalue weighted by Gasteiger charge is 2.20. The van der Waals surface area contributed by atoms with Crippen molar-refractivity contribution in [1.82, 2.24) is 9.97 Å². The van der Waals surface area contributed by atoms with Crippen LogP contribution in [-0.4, -0.2) is 22.4 Å². The number of hydrogen-bond donors (Lipinski definition) is 1. The van der Waals surface area contributed by atoms with Gasteiger partial charge in [0, 0.05) is 24.5 Å². The van der Waals surface area contributed by atoms with Crippen LogP contribution < -0.4 is 10.2 Å². The second-order valence-electron chi connectivity index (χ2n) is 7.10. The van der Waals surface area contributed by atoms with Gasteiger partial charge in [-0.3, -0.25) is 4.79 Å². The lowest BCUT2D eigenvalue weighted by Gasteiger charge is -2.29. The third-order valence-electron chi connectivity index (χ3n) is 5.14. The van der Waals surface area contributed by atoms with E-state index in [9.17, 15) is 4.79 Å². The predicted octanol–water partition coefficient (Wildman–Crippen LogP) is 4.16. The van der Waals surface area contributed by atoms with E-state index >= 15 is 0 Å². The number of aromatic nitrogens is 2. The van der Waals surface area contributed by atoms with Crippen molar-refractivity contribution in [3.8, 4) is 0 Å². The molecule has 5 nitrogen and oxygen atoms in total. The molecule has 0 aliphatic carbocycles. The monoisotopic (exact) mass is 372 g/mol. The Morgan fingerprint density at radius 3 is 2.64 bits per heavy atom. The Morgan fingerprint density at radius 2 is 1.82 bits per heavy atom. The van der Waals surface area contributed by atoms with Gasteiger partial charge in [-0.25, -0.2) is 9.97 Å². The third kappa shape index (κ3) is 3.74. The summed E-state index contributed by atoms with van der Waals surface area (Å²) < 4.78 is 0. The van der Waals surface area contributed by atoms with Crippen molar-refractivity contribution in [3.63, 3.8) is 0 Å². The first kappa shape index (κ1) is 18.2. The molecule has 3 aromatic rings. The fraction of sp³-hybridized carbons (Fsp3) is 0.261. The molecule has 1 N–H and O–H groups in total. The van der Waals surface area contributed by atoms with Crippen LogP contribution in [0.5, 0.6) is 0 Å². The van der Waals surface area contributed by atoms with E-state index in [1.54, 1.807) is 6.07 Å². The zero-order chi connectivity index (χ0) is 19.5. The smallest absolute Gasteiger partial charge is 0.274 e. The summed E-state index contributed by atoms with van der Waals surface area (Å²) >= 11 is 0. The van der Waals surface area contributed by atoms with Crippen molar-refractivity contribution >= 4 is 17.5 Å². The van der Waals surface area contributed by atoms with E-state index in [2.05, 4.69) is 51.4 Å². The summed E-state index contributed by atoms with van der Waals surface area (Å²) in [7, 11) is 0. The highest BCUT2D eigenvalue weighted by Crippen LogP contribution is 2.23. The van der Waals surface area contributed by atoms with Gasteiger partial charge in [-0.2, -0.15) is 0 Å². The van der Waals surface area contributed by atoms with E-state index < -0.39 is 0 Å². The molecular weight excluding hydrogens is 348 g/mol. The fourth-order valence-electron chi connectivity index (χ4n) is 3.61. The zero-order valence-corrected chi connectivity index (χ0v) is 16.3. The quantitative estimate of drug-likeness (QED) is 0.747. The Labute approximate surface area is 165 Å². The Hall–Kier alpha value is -3.21. The molecule has 1 aliphatic heterocycles. The summed E-state index contributed by atoms with van der Waals surface area (Å²) in [4.78, 5) is 24.2. The number of amides is 1. The topological polar surface area (TPSA) is 58.1 Å². The van der Waals surface area contributed by atoms with Crippen molar-refractivity contribution in [2.45, 2.75) is 33.2 Å². The second-order valence-corrected chi connectivity index (χ2v) is 7.10. The van der Waals surface area contributed by atoms with Crippen molar-refractivity contribution in [2.24, 2.45) is 0 Å². The minimum Gasteiger partial charge on any atom is -0.336 e. The lowest BCUT2D eigenvalue weighted by molar-refractivity contribution is 0.102. The first-order chi connectivity index (χ1) is 13.6. The van der Waals surface area contributed by atoms with Gasteiger partial charge in [-0.15, -0.1) is 0 Å². The van der Waals surface area contributed by atoms with E-state index in [0.29, 0.717) is 11.6 Å². The largest absolute Gasteiger partial charge is 0.336 e. The molecule has 4 rings (SSSR count). The average Bonchev–Trinajstić information content (AvgIpc) is 2.73. The summed E-state index contributed by atoms with van der Waals surface area (Å²) in [5.41, 5.74) is 5.79. The summed E-state index contributed by atoms with van der Waals surface area (Å²) in [5.74, 6) is 0.411. The van der Waals surface area contributed by atoms with Gasteiger partial charge in [0.25, 0.3) is 5.91 Å². The molecule has 28 heavy (non-hydrogen) atoms. The van der Waals surface area contributed by atoms with Crippen molar-refractivity contribution in [2.75, 3.05) is 16.8 Å². The number of carbonyl (C=O) groups is 1. The summed E-state index contributed by atoms with van der Waals surface area (Å²) in [6.07, 6.45) is 1.82. The molecular formula is C23H24N4O. The molecule has 0 saturated heterocycles. The van der Waals surface area contributed by atoms with Crippen LogP contribution in [0.15, 0.2) is 54.6 Å². The van der Waals surface area contributed by atoms with Crippen LogP contribution in [-0.2, 0) is 19.4 Å². The molecule has 0 unspecified atom stereocenters. The number of rotatable bonds is 4. The van der Waals surface area contributed by atoms with Crippen molar-refractivity contribution in [3.05, 3.63) is 82.7 Å². The van der Waals surface area contributed by atoms with Crippen LogP contribution >= 0.6 is 0 Å². The molecule has 5 heteroatoms. The molecule has 0 saturated carbocycles. The van der Waals surface area contributed by atoms with Gasteiger partial charge < -0.3 is 10.2 Å². The van der Waals surface area contributed by atoms with Gasteiger partial charge in [0.2, 0.25) is 5.95 Å². The lowest BCUT2D eigenvalue weighted by Crippen LogP contribution is -2.32. The number of fused-ring (bicyclic) bond motifs is 1. The van der Waals surface area contributed by atoms with Crippen molar-refractivity contribution in [1.29, 1.82) is 0 Å². The minimum atomic E-state index is -0.204. The summed E-state index contributed by atoms with van der Waals surface area (Å²) in [6.45, 7) is 5.59. The summed E-state index contributed by atoms with van der Waals surface area (Å²) in [5, 5.41) is 3.00. The van der Waals surface area contributed by atoms with Crippen LogP contribution in [0.25, 0.3) is 0 Å². The molecule has 1 aromatic heterocycles. The number of benzene rings is 2. The van der Waals surface area contributed by atoms with Crippen LogP contribution in [0, 0.1) is 6.92 Å². The zero-order valence-electron chi connectivity index (χ0n) is 16.3. The normalized spacial score (nSPS) is 13.1. The maximum atomic E-state index is 12.8. The number of para-hydroxylation sites is 1. The number of aryl methyl sites for hydroxylation is 2. The first-order valence-corrected chi connectivity index (χ1v) is 9.70. The number of nitrogens with zero attached hydrogens (tertiary/aromatic N) is 3. The molecule has 0 bridgehead atoms. The number of hydrogen-bond acceptors (Lipinski definition) is 4. The molecule has 2 aromatic carbocycles. The van der Waals surface area contributed by atoms with E-state index in [4.69, 9.17) is 0 Å². The Balaban J connectivity index is 1.58. The molecule has 0 radical (unpaired) electrons. The van der Waals surface area contributed by atoms with E-state index in [0.717, 1.165) is 42.9 Å². The fourth-order valence-corrected chi connectivity index (χ4v) is 3.61. The lowest BCUT2D eigenvalue weighted by atomic mass is 10.0. The van der Waals surface area contributed by atoms with E-state index in [1.807, 2.05) is 31.2 Å². The van der Waals surface area contributed by atoms with Crippen molar-refractivity contribution < 1.29 is 4.79 Å². The van der Waals surface area contributed by atoms with E-state index in [1.165, 1.54) is 11.1 Å². The average molecular weight is 372 g/mol. The minimum absolute atomic E-state index is 0.204. The first-order valence-electron chi connectivity index (χ1n) is 9.70. The van der Waals surface area contributed by atoms with Crippen LogP contribution in [0.2, 0.25) is 0 Å². The Bertz CT molecular complexity index is 1010. The van der Waals surface area contributed by atoms with Gasteiger partial charge in [0.05, 0.1) is 0 Å². The standard InChI is InChI=1S/C23H24N4O/c1-3-17-8-6-7-11-20(17)25-22(28)21-14-16(2)24-23(26-21)27-13-12-18-9-4-5-10-19(18)15-27/h4-11,14H,3,12-13,15H2,1-2H3,(H,25,28). The summed E-state index contributed by atoms with van der Waals surface area (Å²) in [6, 6.07) is 18.1. The SMILES string of the molecule is CCc1ccccc1NC(=O)c1cc(C)nc(N2CCc3ccccc3C2)n1. The molecule has 0 spiro atoms. The van der Waals surface area contributed by atoms with Crippen LogP contribution in [0.3, 0.4) is 0 Å².